The van der Waals surface area contributed by atoms with Crippen LogP contribution < -0.4 is 31.9 Å². The Morgan fingerprint density at radius 3 is 2.51 bits per heavy atom. The molecule has 2 aromatic heterocycles. The molecule has 2 unspecified atom stereocenters. The Morgan fingerprint density at radius 2 is 1.89 bits per heavy atom. The van der Waals surface area contributed by atoms with Crippen LogP contribution in [-0.4, -0.2) is 35.1 Å². The monoisotopic (exact) mass is 655 g/mol. The molecular weight excluding hydrogens is 625 g/mol. The molecule has 236 valence electrons. The average Bonchev–Trinajstić information content (AvgIpc) is 3.77. The van der Waals surface area contributed by atoms with Gasteiger partial charge in [0.25, 0.3) is 16.8 Å². The van der Waals surface area contributed by atoms with Crippen molar-refractivity contribution in [3.05, 3.63) is 97.7 Å². The van der Waals surface area contributed by atoms with Crippen molar-refractivity contribution in [2.75, 3.05) is 14.9 Å². The standard InChI is InChI=1S/C29H30FN7O6S2/c1-15-27(44-28(32-15)33-16(2)38)37(45(42)43)20-11-7-17(8-12-20)13-22(39)34-25-24(23(31)18-9-10-18)35-29(41)36(26(25)40)14-19-5-3-4-6-21(19)30/h3-8,11-12,18,23H,9-10,13-14,31H2,1-2H3,(H,34,39)(H,35,41)(H,42,43)(H,32,33,38). The fraction of sp³-hybridized carbons (Fsp3) is 0.276. The summed E-state index contributed by atoms with van der Waals surface area (Å²) in [4.78, 5) is 57.9. The van der Waals surface area contributed by atoms with E-state index in [4.69, 9.17) is 5.73 Å². The second kappa shape index (κ2) is 13.2. The van der Waals surface area contributed by atoms with Crippen LogP contribution in [0.1, 0.15) is 48.3 Å². The highest BCUT2D eigenvalue weighted by Gasteiger charge is 2.33. The van der Waals surface area contributed by atoms with E-state index in [0.717, 1.165) is 33.1 Å². The SMILES string of the molecule is CC(=O)Nc1nc(C)c(N(c2ccc(CC(=O)Nc3c(C(N)C4CC4)[nH]c(=O)n(Cc4ccccc4F)c3=O)cc2)S(=O)O)s1. The highest BCUT2D eigenvalue weighted by molar-refractivity contribution is 7.81. The number of thiazole rings is 1. The summed E-state index contributed by atoms with van der Waals surface area (Å²) < 4.78 is 38.6. The van der Waals surface area contributed by atoms with Gasteiger partial charge in [-0.05, 0) is 49.4 Å². The van der Waals surface area contributed by atoms with E-state index in [0.29, 0.717) is 21.9 Å². The average molecular weight is 656 g/mol. The second-order valence-corrected chi connectivity index (χ2v) is 12.4. The lowest BCUT2D eigenvalue weighted by Crippen LogP contribution is -2.40. The largest absolute Gasteiger partial charge is 0.329 e. The van der Waals surface area contributed by atoms with Crippen LogP contribution in [0.3, 0.4) is 0 Å². The van der Waals surface area contributed by atoms with Crippen LogP contribution in [0, 0.1) is 18.7 Å². The molecular formula is C29H30FN7O6S2. The smallest absolute Gasteiger partial charge is 0.322 e. The molecule has 1 aliphatic carbocycles. The molecule has 16 heteroatoms. The van der Waals surface area contributed by atoms with E-state index in [2.05, 4.69) is 20.6 Å². The van der Waals surface area contributed by atoms with Gasteiger partial charge in [-0.1, -0.05) is 41.7 Å². The lowest BCUT2D eigenvalue weighted by Gasteiger charge is -2.19. The van der Waals surface area contributed by atoms with Crippen molar-refractivity contribution in [2.45, 2.75) is 45.7 Å². The molecule has 0 radical (unpaired) electrons. The van der Waals surface area contributed by atoms with E-state index in [1.54, 1.807) is 37.3 Å². The predicted molar refractivity (Wildman–Crippen MR) is 169 cm³/mol. The molecule has 6 N–H and O–H groups in total. The summed E-state index contributed by atoms with van der Waals surface area (Å²) >= 11 is -1.45. The first-order valence-corrected chi connectivity index (χ1v) is 15.7. The van der Waals surface area contributed by atoms with Gasteiger partial charge in [-0.25, -0.2) is 22.7 Å². The van der Waals surface area contributed by atoms with Crippen molar-refractivity contribution in [1.29, 1.82) is 0 Å². The third-order valence-electron chi connectivity index (χ3n) is 7.16. The molecule has 1 aliphatic rings. The lowest BCUT2D eigenvalue weighted by molar-refractivity contribution is -0.116. The normalized spacial score (nSPS) is 14.1. The van der Waals surface area contributed by atoms with Crippen LogP contribution in [0.2, 0.25) is 0 Å². The lowest BCUT2D eigenvalue weighted by atomic mass is 10.1. The summed E-state index contributed by atoms with van der Waals surface area (Å²) in [5.74, 6) is -1.45. The molecule has 2 amide bonds. The van der Waals surface area contributed by atoms with E-state index in [9.17, 15) is 32.3 Å². The Morgan fingerprint density at radius 1 is 1.20 bits per heavy atom. The van der Waals surface area contributed by atoms with Gasteiger partial charge < -0.3 is 21.4 Å². The molecule has 1 saturated carbocycles. The number of anilines is 4. The van der Waals surface area contributed by atoms with Gasteiger partial charge in [0, 0.05) is 12.5 Å². The minimum absolute atomic E-state index is 0.0437. The molecule has 2 atom stereocenters. The fourth-order valence-corrected chi connectivity index (χ4v) is 6.59. The minimum atomic E-state index is -2.48. The van der Waals surface area contributed by atoms with Gasteiger partial charge in [0.05, 0.1) is 36.1 Å². The number of aromatic amines is 1. The van der Waals surface area contributed by atoms with Crippen molar-refractivity contribution in [1.82, 2.24) is 14.5 Å². The molecule has 2 heterocycles. The zero-order chi connectivity index (χ0) is 32.4. The minimum Gasteiger partial charge on any atom is -0.322 e. The van der Waals surface area contributed by atoms with Gasteiger partial charge in [-0.2, -0.15) is 0 Å². The van der Waals surface area contributed by atoms with E-state index >= 15 is 0 Å². The number of benzene rings is 2. The summed E-state index contributed by atoms with van der Waals surface area (Å²) in [7, 11) is 0. The summed E-state index contributed by atoms with van der Waals surface area (Å²) in [6, 6.07) is 11.3. The number of H-pyrrole nitrogens is 1. The van der Waals surface area contributed by atoms with Gasteiger partial charge in [0.2, 0.25) is 11.8 Å². The zero-order valence-corrected chi connectivity index (χ0v) is 25.8. The van der Waals surface area contributed by atoms with Crippen LogP contribution in [0.25, 0.3) is 0 Å². The van der Waals surface area contributed by atoms with Crippen LogP contribution in [-0.2, 0) is 33.8 Å². The highest BCUT2D eigenvalue weighted by Crippen LogP contribution is 2.40. The number of aryl methyl sites for hydroxylation is 1. The van der Waals surface area contributed by atoms with Gasteiger partial charge in [-0.15, -0.1) is 0 Å². The van der Waals surface area contributed by atoms with Crippen molar-refractivity contribution in [3.8, 4) is 0 Å². The molecule has 13 nitrogen and oxygen atoms in total. The van der Waals surface area contributed by atoms with Crippen molar-refractivity contribution < 1.29 is 22.7 Å². The zero-order valence-electron chi connectivity index (χ0n) is 24.2. The molecule has 45 heavy (non-hydrogen) atoms. The van der Waals surface area contributed by atoms with Crippen molar-refractivity contribution in [2.24, 2.45) is 11.7 Å². The first kappa shape index (κ1) is 31.9. The molecule has 5 rings (SSSR count). The Kier molecular flexibility index (Phi) is 9.38. The highest BCUT2D eigenvalue weighted by atomic mass is 32.2. The maximum atomic E-state index is 14.3. The van der Waals surface area contributed by atoms with Crippen LogP contribution >= 0.6 is 11.3 Å². The van der Waals surface area contributed by atoms with Gasteiger partial charge in [0.15, 0.2) is 5.13 Å². The van der Waals surface area contributed by atoms with Crippen molar-refractivity contribution in [3.63, 3.8) is 0 Å². The third kappa shape index (κ3) is 7.25. The van der Waals surface area contributed by atoms with E-state index in [1.807, 2.05) is 0 Å². The third-order valence-corrected chi connectivity index (χ3v) is 9.04. The Labute approximate surface area is 262 Å². The maximum Gasteiger partial charge on any atom is 0.329 e. The summed E-state index contributed by atoms with van der Waals surface area (Å²) in [5.41, 5.74) is 6.10. The molecule has 0 saturated heterocycles. The summed E-state index contributed by atoms with van der Waals surface area (Å²) in [5, 5.41) is 5.78. The first-order valence-electron chi connectivity index (χ1n) is 13.8. The van der Waals surface area contributed by atoms with Crippen molar-refractivity contribution >= 4 is 55.9 Å². The number of hydrogen-bond donors (Lipinski definition) is 5. The number of hydrogen-bond acceptors (Lipinski definition) is 8. The van der Waals surface area contributed by atoms with Gasteiger partial charge >= 0.3 is 5.69 Å². The molecule has 2 aromatic carbocycles. The molecule has 0 spiro atoms. The number of halogens is 1. The Hall–Kier alpha value is -4.51. The Balaban J connectivity index is 1.39. The van der Waals surface area contributed by atoms with E-state index < -0.39 is 40.3 Å². The number of nitrogens with one attached hydrogen (secondary N) is 3. The second-order valence-electron chi connectivity index (χ2n) is 10.6. The summed E-state index contributed by atoms with van der Waals surface area (Å²) in [6.45, 7) is 2.62. The summed E-state index contributed by atoms with van der Waals surface area (Å²) in [6.07, 6.45) is 1.44. The number of aromatic nitrogens is 3. The number of rotatable bonds is 11. The predicted octanol–water partition coefficient (Wildman–Crippen LogP) is 3.31. The van der Waals surface area contributed by atoms with Crippen LogP contribution in [0.4, 0.5) is 25.9 Å². The Bertz CT molecular complexity index is 1900. The topological polar surface area (TPSA) is 193 Å². The van der Waals surface area contributed by atoms with Gasteiger partial charge in [0.1, 0.15) is 16.5 Å². The molecule has 4 aromatic rings. The number of nitrogens with zero attached hydrogens (tertiary/aromatic N) is 3. The number of nitrogens with two attached hydrogens (primary N) is 1. The van der Waals surface area contributed by atoms with Crippen LogP contribution in [0.15, 0.2) is 58.1 Å². The molecule has 0 bridgehead atoms. The number of carbonyl (C=O) groups is 2. The van der Waals surface area contributed by atoms with Crippen LogP contribution in [0.5, 0.6) is 0 Å². The fourth-order valence-electron chi connectivity index (χ4n) is 4.77. The number of carbonyl (C=O) groups excluding carboxylic acids is 2. The van der Waals surface area contributed by atoms with E-state index in [1.165, 1.54) is 25.1 Å². The first-order chi connectivity index (χ1) is 21.4. The molecule has 0 aliphatic heterocycles. The van der Waals surface area contributed by atoms with E-state index in [-0.39, 0.29) is 46.9 Å². The molecule has 1 fully saturated rings. The maximum absolute atomic E-state index is 14.3. The number of amides is 2. The van der Waals surface area contributed by atoms with Gasteiger partial charge in [-0.3, -0.25) is 23.5 Å². The quantitative estimate of drug-likeness (QED) is 0.152.